The third-order valence-electron chi connectivity index (χ3n) is 0.678. The van der Waals surface area contributed by atoms with Crippen molar-refractivity contribution in [2.45, 2.75) is 0 Å². The van der Waals surface area contributed by atoms with Gasteiger partial charge in [0.1, 0.15) is 9.85 Å². The molecule has 0 aromatic carbocycles. The van der Waals surface area contributed by atoms with Gasteiger partial charge in [-0.1, -0.05) is 0 Å². The van der Waals surface area contributed by atoms with Crippen LogP contribution >= 0.6 is 10.5 Å². The van der Waals surface area contributed by atoms with E-state index in [2.05, 4.69) is 0 Å². The van der Waals surface area contributed by atoms with Gasteiger partial charge in [0.2, 0.25) is 0 Å². The van der Waals surface area contributed by atoms with E-state index in [1.54, 1.807) is 0 Å². The molecule has 0 radical (unpaired) electrons. The summed E-state index contributed by atoms with van der Waals surface area (Å²) in [6, 6.07) is 0. The molecule has 10 heavy (non-hydrogen) atoms. The van der Waals surface area contributed by atoms with Crippen molar-refractivity contribution in [2.75, 3.05) is 12.5 Å². The van der Waals surface area contributed by atoms with Crippen molar-refractivity contribution in [2.24, 2.45) is 0 Å². The van der Waals surface area contributed by atoms with Crippen molar-refractivity contribution in [1.29, 1.82) is 0 Å². The van der Waals surface area contributed by atoms with Gasteiger partial charge in [-0.2, -0.15) is 0 Å². The maximum atomic E-state index is 9.92. The molecule has 0 heterocycles. The first-order valence-corrected chi connectivity index (χ1v) is 4.24. The number of hydrogen-bond acceptors (Lipinski definition) is 4. The Bertz CT molecular complexity index is 191. The lowest BCUT2D eigenvalue weighted by atomic mass is 11.2. The molecule has 0 saturated carbocycles. The molecule has 0 spiro atoms. The number of hydrogen-bond donors (Lipinski definition) is 0. The van der Waals surface area contributed by atoms with E-state index >= 15 is 0 Å². The predicted molar refractivity (Wildman–Crippen MR) is 38.4 cm³/mol. The van der Waals surface area contributed by atoms with Crippen LogP contribution in [-0.2, 0) is 0 Å². The zero-order chi connectivity index (χ0) is 8.31. The Morgan fingerprint density at radius 2 is 1.50 bits per heavy atom. The van der Waals surface area contributed by atoms with E-state index in [9.17, 15) is 20.2 Å². The average Bonchev–Trinajstić information content (AvgIpc) is 1.59. The van der Waals surface area contributed by atoms with Gasteiger partial charge in [-0.15, -0.1) is 0 Å². The van der Waals surface area contributed by atoms with Crippen LogP contribution < -0.4 is 0 Å². The Labute approximate surface area is 59.1 Å². The van der Waals surface area contributed by atoms with Crippen molar-refractivity contribution >= 4 is 15.6 Å². The predicted octanol–water partition coefficient (Wildman–Crippen LogP) is 0.156. The van der Waals surface area contributed by atoms with E-state index in [4.69, 9.17) is 0 Å². The molecule has 0 aromatic rings. The fourth-order valence-electron chi connectivity index (χ4n) is 0.365. The first-order valence-electron chi connectivity index (χ1n) is 2.20. The normalized spacial score (nSPS) is 9.50. The summed E-state index contributed by atoms with van der Waals surface area (Å²) in [5, 5.41) is 19.0. The second-order valence-electron chi connectivity index (χ2n) is 1.61. The van der Waals surface area contributed by atoms with Crippen LogP contribution in [0.3, 0.4) is 0 Å². The van der Waals surface area contributed by atoms with Crippen molar-refractivity contribution in [1.82, 2.24) is 0 Å². The van der Waals surface area contributed by atoms with Gasteiger partial charge in [0.15, 0.2) is 0 Å². The minimum Gasteiger partial charge on any atom is -0.253 e. The standard InChI is InChI=1S/C3H6N2O4S/c1-10(2)3(4(6)7)5(8)9/h1-2H3. The zero-order valence-corrected chi connectivity index (χ0v) is 6.25. The molecule has 0 amide bonds. The SMILES string of the molecule is CS(C)=C([N+](=O)[O-])[N+](=O)[O-]. The molecule has 0 unspecified atom stereocenters. The molecule has 0 aliphatic heterocycles. The van der Waals surface area contributed by atoms with Crippen LogP contribution in [0.4, 0.5) is 0 Å². The lowest BCUT2D eigenvalue weighted by Crippen LogP contribution is -2.21. The van der Waals surface area contributed by atoms with Gasteiger partial charge in [0.25, 0.3) is 0 Å². The topological polar surface area (TPSA) is 86.3 Å². The molecule has 0 bridgehead atoms. The first kappa shape index (κ1) is 9.02. The summed E-state index contributed by atoms with van der Waals surface area (Å²) in [7, 11) is -0.895. The summed E-state index contributed by atoms with van der Waals surface area (Å²) in [5.41, 5.74) is 0. The Balaban J connectivity index is 4.79. The minimum atomic E-state index is -0.955. The van der Waals surface area contributed by atoms with Gasteiger partial charge in [0, 0.05) is 0 Å². The van der Waals surface area contributed by atoms with Crippen molar-refractivity contribution in [3.63, 3.8) is 0 Å². The zero-order valence-electron chi connectivity index (χ0n) is 5.44. The molecular formula is C3H6N2O4S. The highest BCUT2D eigenvalue weighted by molar-refractivity contribution is 8.14. The molecular weight excluding hydrogens is 160 g/mol. The van der Waals surface area contributed by atoms with Crippen molar-refractivity contribution in [3.8, 4) is 0 Å². The molecule has 0 rings (SSSR count). The van der Waals surface area contributed by atoms with Gasteiger partial charge >= 0.3 is 5.11 Å². The van der Waals surface area contributed by atoms with Gasteiger partial charge < -0.3 is 0 Å². The average molecular weight is 166 g/mol. The number of nitro groups is 2. The van der Waals surface area contributed by atoms with Crippen molar-refractivity contribution < 1.29 is 9.85 Å². The highest BCUT2D eigenvalue weighted by Gasteiger charge is 2.26. The molecule has 0 saturated heterocycles. The van der Waals surface area contributed by atoms with E-state index in [0.717, 1.165) is 0 Å². The van der Waals surface area contributed by atoms with Crippen LogP contribution in [0.5, 0.6) is 0 Å². The maximum Gasteiger partial charge on any atom is 0.586 e. The fourth-order valence-corrected chi connectivity index (χ4v) is 0.961. The summed E-state index contributed by atoms with van der Waals surface area (Å²) in [5.74, 6) is 0. The summed E-state index contributed by atoms with van der Waals surface area (Å²) >= 11 is 0. The highest BCUT2D eigenvalue weighted by atomic mass is 32.2. The van der Waals surface area contributed by atoms with Crippen LogP contribution in [-0.4, -0.2) is 27.5 Å². The van der Waals surface area contributed by atoms with E-state index in [1.807, 2.05) is 0 Å². The fraction of sp³-hybridized carbons (Fsp3) is 0.667. The van der Waals surface area contributed by atoms with Gasteiger partial charge in [-0.05, 0) is 23.0 Å². The van der Waals surface area contributed by atoms with Crippen LogP contribution in [0, 0.1) is 20.2 Å². The van der Waals surface area contributed by atoms with Gasteiger partial charge in [0.05, 0.1) is 0 Å². The van der Waals surface area contributed by atoms with Crippen LogP contribution in [0.1, 0.15) is 0 Å². The summed E-state index contributed by atoms with van der Waals surface area (Å²) in [4.78, 5) is 17.9. The van der Waals surface area contributed by atoms with Gasteiger partial charge in [-0.3, -0.25) is 20.2 Å². The molecule has 6 nitrogen and oxygen atoms in total. The number of rotatable bonds is 0. The summed E-state index contributed by atoms with van der Waals surface area (Å²) in [6.45, 7) is 0. The molecule has 0 aliphatic carbocycles. The second kappa shape index (κ2) is 3.25. The Hall–Kier alpha value is -0.980. The Morgan fingerprint density at radius 1 is 1.20 bits per heavy atom. The lowest BCUT2D eigenvalue weighted by molar-refractivity contribution is -0.495. The number of nitrogens with zero attached hydrogens (tertiary/aromatic N) is 2. The molecule has 0 atom stereocenters. The third kappa shape index (κ3) is 2.09. The molecule has 0 N–H and O–H groups in total. The first-order chi connectivity index (χ1) is 4.46. The highest BCUT2D eigenvalue weighted by Crippen LogP contribution is 2.03. The Morgan fingerprint density at radius 3 is 1.50 bits per heavy atom. The second-order valence-corrected chi connectivity index (χ2v) is 3.61. The molecule has 0 aromatic heterocycles. The largest absolute Gasteiger partial charge is 0.586 e. The van der Waals surface area contributed by atoms with E-state index in [1.165, 1.54) is 12.5 Å². The van der Waals surface area contributed by atoms with Crippen LogP contribution in [0.25, 0.3) is 0 Å². The summed E-state index contributed by atoms with van der Waals surface area (Å²) in [6.07, 6.45) is 2.86. The van der Waals surface area contributed by atoms with Gasteiger partial charge in [-0.25, -0.2) is 0 Å². The minimum absolute atomic E-state index is 0.833. The van der Waals surface area contributed by atoms with E-state index in [0.29, 0.717) is 0 Å². The monoisotopic (exact) mass is 166 g/mol. The quantitative estimate of drug-likeness (QED) is 0.291. The molecule has 0 aliphatic rings. The third-order valence-corrected chi connectivity index (χ3v) is 1.71. The smallest absolute Gasteiger partial charge is 0.253 e. The van der Waals surface area contributed by atoms with E-state index < -0.39 is 25.4 Å². The summed E-state index contributed by atoms with van der Waals surface area (Å²) < 4.78 is 0. The van der Waals surface area contributed by atoms with Crippen LogP contribution in [0.2, 0.25) is 0 Å². The van der Waals surface area contributed by atoms with Crippen LogP contribution in [0.15, 0.2) is 0 Å². The molecule has 58 valence electrons. The molecule has 0 fully saturated rings. The van der Waals surface area contributed by atoms with Crippen molar-refractivity contribution in [3.05, 3.63) is 20.2 Å². The molecule has 7 heteroatoms. The Kier molecular flexibility index (Phi) is 2.94. The van der Waals surface area contributed by atoms with E-state index in [-0.39, 0.29) is 0 Å². The maximum absolute atomic E-state index is 9.92. The lowest BCUT2D eigenvalue weighted by Gasteiger charge is -1.88.